The topological polar surface area (TPSA) is 57.5 Å². The highest BCUT2D eigenvalue weighted by atomic mass is 127. The van der Waals surface area contributed by atoms with Gasteiger partial charge in [-0.2, -0.15) is 18.3 Å². The minimum atomic E-state index is -4.37. The van der Waals surface area contributed by atoms with E-state index in [9.17, 15) is 13.2 Å². The van der Waals surface area contributed by atoms with Crippen LogP contribution in [0.3, 0.4) is 0 Å². The van der Waals surface area contributed by atoms with Crippen LogP contribution in [0.15, 0.2) is 41.7 Å². The number of nitrogens with zero attached hydrogens (tertiary/aromatic N) is 4. The Morgan fingerprint density at radius 3 is 2.84 bits per heavy atom. The number of aryl methyl sites for hydroxylation is 1. The molecule has 1 aromatic heterocycles. The molecule has 10 heteroatoms. The fourth-order valence-corrected chi connectivity index (χ4v) is 3.34. The summed E-state index contributed by atoms with van der Waals surface area (Å²) in [5.41, 5.74) is 0.725. The third-order valence-electron chi connectivity index (χ3n) is 4.81. The molecule has 168 valence electrons. The molecule has 1 atom stereocenters. The number of guanidine groups is 1. The second-order valence-electron chi connectivity index (χ2n) is 7.11. The molecule has 2 aromatic rings. The molecule has 0 amide bonds. The van der Waals surface area contributed by atoms with E-state index in [4.69, 9.17) is 0 Å². The molecular weight excluding hydrogens is 520 g/mol. The zero-order chi connectivity index (χ0) is 21.6. The maximum Gasteiger partial charge on any atom is 0.416 e. The summed E-state index contributed by atoms with van der Waals surface area (Å²) < 4.78 is 40.1. The number of hydrogen-bond acceptors (Lipinski definition) is 3. The van der Waals surface area contributed by atoms with Gasteiger partial charge in [0, 0.05) is 45.0 Å². The van der Waals surface area contributed by atoms with Crippen LogP contribution in [0.25, 0.3) is 0 Å². The van der Waals surface area contributed by atoms with Gasteiger partial charge in [-0.05, 0) is 31.0 Å². The monoisotopic (exact) mass is 546 g/mol. The number of aromatic nitrogens is 2. The molecule has 0 aliphatic carbocycles. The summed E-state index contributed by atoms with van der Waals surface area (Å²) in [4.78, 5) is 6.50. The van der Waals surface area contributed by atoms with Gasteiger partial charge in [-0.1, -0.05) is 17.9 Å². The van der Waals surface area contributed by atoms with Crippen LogP contribution in [0.1, 0.15) is 24.0 Å². The normalized spacial score (nSPS) is 16.7. The van der Waals surface area contributed by atoms with Gasteiger partial charge >= 0.3 is 6.18 Å². The van der Waals surface area contributed by atoms with Gasteiger partial charge in [0.05, 0.1) is 24.0 Å². The number of aliphatic imine (C=N–C) groups is 1. The van der Waals surface area contributed by atoms with E-state index in [-0.39, 0.29) is 36.6 Å². The van der Waals surface area contributed by atoms with Crippen molar-refractivity contribution in [1.82, 2.24) is 20.4 Å². The molecule has 1 unspecified atom stereocenters. The third kappa shape index (κ3) is 7.34. The molecule has 0 radical (unpaired) electrons. The second kappa shape index (κ2) is 11.3. The highest BCUT2D eigenvalue weighted by molar-refractivity contribution is 14.0. The Hall–Kier alpha value is -2.42. The molecule has 1 fully saturated rings. The van der Waals surface area contributed by atoms with Crippen LogP contribution < -0.4 is 15.5 Å². The fourth-order valence-electron chi connectivity index (χ4n) is 3.34. The van der Waals surface area contributed by atoms with Gasteiger partial charge in [-0.25, -0.2) is 0 Å². The molecule has 2 heterocycles. The standard InChI is InChI=1S/C21H25F3N6.HI/c1-25-20(26-10-4-7-16-6-3-8-17(12-16)21(22,23)24)28-18-9-5-11-30(14-18)19-13-27-29(2)15-19;/h3,6,8,12-13,15,18H,5,9-11,14H2,1-2H3,(H2,25,26,28);1H. The van der Waals surface area contributed by atoms with Gasteiger partial charge < -0.3 is 15.5 Å². The summed E-state index contributed by atoms with van der Waals surface area (Å²) >= 11 is 0. The SMILES string of the molecule is CN=C(NCC#Cc1cccc(C(F)(F)F)c1)NC1CCCN(c2cnn(C)c2)C1.I. The lowest BCUT2D eigenvalue weighted by molar-refractivity contribution is -0.137. The number of rotatable bonds is 3. The van der Waals surface area contributed by atoms with Crippen molar-refractivity contribution in [3.8, 4) is 11.8 Å². The first-order valence-electron chi connectivity index (χ1n) is 9.72. The van der Waals surface area contributed by atoms with Crippen molar-refractivity contribution in [2.75, 3.05) is 31.6 Å². The lowest BCUT2D eigenvalue weighted by Gasteiger charge is -2.34. The quantitative estimate of drug-likeness (QED) is 0.269. The van der Waals surface area contributed by atoms with Crippen LogP contribution >= 0.6 is 24.0 Å². The lowest BCUT2D eigenvalue weighted by Crippen LogP contribution is -2.51. The number of anilines is 1. The van der Waals surface area contributed by atoms with E-state index in [1.165, 1.54) is 6.07 Å². The van der Waals surface area contributed by atoms with Gasteiger partial charge in [-0.3, -0.25) is 9.67 Å². The molecular formula is C21H26F3IN6. The zero-order valence-electron chi connectivity index (χ0n) is 17.4. The number of alkyl halides is 3. The minimum absolute atomic E-state index is 0. The van der Waals surface area contributed by atoms with E-state index in [0.29, 0.717) is 11.5 Å². The summed E-state index contributed by atoms with van der Waals surface area (Å²) in [5, 5.41) is 10.7. The van der Waals surface area contributed by atoms with E-state index in [2.05, 4.69) is 37.5 Å². The Morgan fingerprint density at radius 1 is 1.35 bits per heavy atom. The highest BCUT2D eigenvalue weighted by Gasteiger charge is 2.30. The maximum absolute atomic E-state index is 12.8. The Kier molecular flexibility index (Phi) is 9.03. The van der Waals surface area contributed by atoms with Gasteiger partial charge in [0.25, 0.3) is 0 Å². The van der Waals surface area contributed by atoms with Crippen molar-refractivity contribution < 1.29 is 13.2 Å². The van der Waals surface area contributed by atoms with E-state index in [0.717, 1.165) is 43.8 Å². The van der Waals surface area contributed by atoms with Crippen molar-refractivity contribution in [2.45, 2.75) is 25.1 Å². The van der Waals surface area contributed by atoms with Crippen molar-refractivity contribution in [1.29, 1.82) is 0 Å². The molecule has 0 bridgehead atoms. The first kappa shape index (κ1) is 24.8. The highest BCUT2D eigenvalue weighted by Crippen LogP contribution is 2.29. The summed E-state index contributed by atoms with van der Waals surface area (Å²) in [6.07, 6.45) is 1.56. The number of piperidine rings is 1. The Morgan fingerprint density at radius 2 is 2.16 bits per heavy atom. The number of halogens is 4. The average Bonchev–Trinajstić information content (AvgIpc) is 3.16. The molecule has 31 heavy (non-hydrogen) atoms. The summed E-state index contributed by atoms with van der Waals surface area (Å²) in [7, 11) is 3.58. The van der Waals surface area contributed by atoms with E-state index in [1.54, 1.807) is 17.8 Å². The van der Waals surface area contributed by atoms with Crippen molar-refractivity contribution in [3.63, 3.8) is 0 Å². The van der Waals surface area contributed by atoms with Crippen LogP contribution in [0.4, 0.5) is 18.9 Å². The molecule has 1 aromatic carbocycles. The Labute approximate surface area is 197 Å². The minimum Gasteiger partial charge on any atom is -0.367 e. The number of hydrogen-bond donors (Lipinski definition) is 2. The first-order chi connectivity index (χ1) is 14.3. The molecule has 0 spiro atoms. The maximum atomic E-state index is 12.8. The molecule has 3 rings (SSSR count). The van der Waals surface area contributed by atoms with E-state index < -0.39 is 11.7 Å². The predicted octanol–water partition coefficient (Wildman–Crippen LogP) is 3.24. The van der Waals surface area contributed by atoms with Crippen LogP contribution in [0.2, 0.25) is 0 Å². The third-order valence-corrected chi connectivity index (χ3v) is 4.81. The van der Waals surface area contributed by atoms with E-state index >= 15 is 0 Å². The molecule has 1 aliphatic rings. The average molecular weight is 546 g/mol. The molecule has 0 saturated carbocycles. The largest absolute Gasteiger partial charge is 0.416 e. The predicted molar refractivity (Wildman–Crippen MR) is 127 cm³/mol. The molecule has 6 nitrogen and oxygen atoms in total. The molecule has 1 saturated heterocycles. The zero-order valence-corrected chi connectivity index (χ0v) is 19.7. The van der Waals surface area contributed by atoms with Crippen LogP contribution in [-0.4, -0.2) is 48.5 Å². The van der Waals surface area contributed by atoms with E-state index in [1.807, 2.05) is 19.4 Å². The Balaban J connectivity index is 0.00000341. The van der Waals surface area contributed by atoms with Crippen LogP contribution in [0.5, 0.6) is 0 Å². The molecule has 2 N–H and O–H groups in total. The molecule has 1 aliphatic heterocycles. The van der Waals surface area contributed by atoms with Crippen molar-refractivity contribution in [2.24, 2.45) is 12.0 Å². The Bertz CT molecular complexity index is 944. The van der Waals surface area contributed by atoms with Gasteiger partial charge in [0.15, 0.2) is 5.96 Å². The van der Waals surface area contributed by atoms with Crippen LogP contribution in [0, 0.1) is 11.8 Å². The second-order valence-corrected chi connectivity index (χ2v) is 7.11. The van der Waals surface area contributed by atoms with Crippen molar-refractivity contribution in [3.05, 3.63) is 47.8 Å². The van der Waals surface area contributed by atoms with Gasteiger partial charge in [0.2, 0.25) is 0 Å². The van der Waals surface area contributed by atoms with Crippen LogP contribution in [-0.2, 0) is 13.2 Å². The summed E-state index contributed by atoms with van der Waals surface area (Å²) in [6, 6.07) is 5.23. The smallest absolute Gasteiger partial charge is 0.367 e. The number of benzene rings is 1. The fraction of sp³-hybridized carbons (Fsp3) is 0.429. The summed E-state index contributed by atoms with van der Waals surface area (Å²) in [5.74, 6) is 6.22. The van der Waals surface area contributed by atoms with Crippen molar-refractivity contribution >= 4 is 35.6 Å². The summed E-state index contributed by atoms with van der Waals surface area (Å²) in [6.45, 7) is 2.09. The number of nitrogens with one attached hydrogen (secondary N) is 2. The lowest BCUT2D eigenvalue weighted by atomic mass is 10.1. The first-order valence-corrected chi connectivity index (χ1v) is 9.72. The van der Waals surface area contributed by atoms with Gasteiger partial charge in [0.1, 0.15) is 0 Å². The van der Waals surface area contributed by atoms with Gasteiger partial charge in [-0.15, -0.1) is 24.0 Å².